The minimum absolute atomic E-state index is 0.0584. The van der Waals surface area contributed by atoms with Crippen molar-refractivity contribution in [1.82, 2.24) is 9.80 Å². The van der Waals surface area contributed by atoms with E-state index in [1.165, 1.54) is 58.3 Å². The lowest BCUT2D eigenvalue weighted by molar-refractivity contribution is -0.385. The zero-order valence-electron chi connectivity index (χ0n) is 20.4. The molecule has 0 aliphatic carbocycles. The van der Waals surface area contributed by atoms with Crippen molar-refractivity contribution in [1.29, 1.82) is 0 Å². The summed E-state index contributed by atoms with van der Waals surface area (Å²) >= 11 is 0. The molecule has 2 aromatic rings. The average molecular weight is 517 g/mol. The molecule has 1 unspecified atom stereocenters. The lowest BCUT2D eigenvalue weighted by Gasteiger charge is -2.30. The minimum atomic E-state index is -0.733. The van der Waals surface area contributed by atoms with Crippen LogP contribution in [-0.4, -0.2) is 68.7 Å². The molecule has 0 bridgehead atoms. The molecule has 0 radical (unpaired) electrons. The van der Waals surface area contributed by atoms with E-state index in [-0.39, 0.29) is 43.2 Å². The molecule has 3 rings (SSSR count). The van der Waals surface area contributed by atoms with Crippen molar-refractivity contribution in [3.63, 3.8) is 0 Å². The molecule has 198 valence electrons. The van der Waals surface area contributed by atoms with Gasteiger partial charge in [0.25, 0.3) is 11.4 Å². The van der Waals surface area contributed by atoms with Crippen molar-refractivity contribution in [3.05, 3.63) is 79.9 Å². The fourth-order valence-corrected chi connectivity index (χ4v) is 3.97. The molecule has 1 N–H and O–H groups in total. The van der Waals surface area contributed by atoms with E-state index in [1.807, 2.05) is 0 Å². The van der Waals surface area contributed by atoms with E-state index in [1.54, 1.807) is 14.0 Å². The summed E-state index contributed by atoms with van der Waals surface area (Å²) in [6.45, 7) is 1.74. The zero-order valence-corrected chi connectivity index (χ0v) is 20.4. The molecule has 1 aliphatic rings. The van der Waals surface area contributed by atoms with Gasteiger partial charge in [-0.05, 0) is 55.2 Å². The highest BCUT2D eigenvalue weighted by molar-refractivity contribution is 5.69. The quantitative estimate of drug-likeness (QED) is 0.387. The summed E-state index contributed by atoms with van der Waals surface area (Å²) in [6, 6.07) is 10.6. The first kappa shape index (κ1) is 27.3. The van der Waals surface area contributed by atoms with E-state index in [4.69, 9.17) is 9.47 Å². The second-order valence-electron chi connectivity index (χ2n) is 8.85. The number of amides is 2. The smallest absolute Gasteiger partial charge is 0.410 e. The van der Waals surface area contributed by atoms with Gasteiger partial charge in [0.2, 0.25) is 0 Å². The van der Waals surface area contributed by atoms with Gasteiger partial charge in [-0.2, -0.15) is 0 Å². The predicted octanol–water partition coefficient (Wildman–Crippen LogP) is 3.62. The number of aliphatic hydroxyl groups is 1. The molecule has 0 spiro atoms. The van der Waals surface area contributed by atoms with E-state index >= 15 is 0 Å². The maximum absolute atomic E-state index is 12.7. The Kier molecular flexibility index (Phi) is 8.95. The molecular weight excluding hydrogens is 488 g/mol. The van der Waals surface area contributed by atoms with Crippen LogP contribution in [0, 0.1) is 20.2 Å². The first-order chi connectivity index (χ1) is 17.5. The minimum Gasteiger partial charge on any atom is -0.445 e. The van der Waals surface area contributed by atoms with Crippen LogP contribution >= 0.6 is 0 Å². The Hall–Kier alpha value is -4.26. The van der Waals surface area contributed by atoms with Crippen LogP contribution in [0.5, 0.6) is 0 Å². The van der Waals surface area contributed by atoms with Crippen molar-refractivity contribution in [2.45, 2.75) is 51.2 Å². The van der Waals surface area contributed by atoms with Crippen LogP contribution in [0.15, 0.2) is 48.5 Å². The van der Waals surface area contributed by atoms with Crippen LogP contribution in [0.3, 0.4) is 0 Å². The van der Waals surface area contributed by atoms with Gasteiger partial charge in [-0.25, -0.2) is 9.59 Å². The van der Waals surface area contributed by atoms with Crippen LogP contribution in [0.1, 0.15) is 30.9 Å². The van der Waals surface area contributed by atoms with Crippen molar-refractivity contribution < 1.29 is 34.0 Å². The topological polar surface area (TPSA) is 166 Å². The Balaban J connectivity index is 1.50. The van der Waals surface area contributed by atoms with E-state index in [9.17, 15) is 34.9 Å². The third kappa shape index (κ3) is 7.36. The van der Waals surface area contributed by atoms with Crippen molar-refractivity contribution in [2.75, 3.05) is 13.6 Å². The number of nitro benzene ring substituents is 2. The van der Waals surface area contributed by atoms with Gasteiger partial charge in [-0.1, -0.05) is 0 Å². The molecule has 1 saturated heterocycles. The van der Waals surface area contributed by atoms with E-state index in [0.29, 0.717) is 24.0 Å². The summed E-state index contributed by atoms with van der Waals surface area (Å²) in [5.74, 6) is 0. The van der Waals surface area contributed by atoms with E-state index in [2.05, 4.69) is 0 Å². The van der Waals surface area contributed by atoms with Gasteiger partial charge in [-0.3, -0.25) is 20.2 Å². The lowest BCUT2D eigenvalue weighted by atomic mass is 10.0. The van der Waals surface area contributed by atoms with E-state index < -0.39 is 28.1 Å². The number of benzene rings is 2. The number of likely N-dealkylation sites (tertiary alicyclic amines) is 1. The number of hydrogen-bond acceptors (Lipinski definition) is 9. The molecule has 2 aromatic carbocycles. The fourth-order valence-electron chi connectivity index (χ4n) is 3.97. The Morgan fingerprint density at radius 1 is 1.00 bits per heavy atom. The van der Waals surface area contributed by atoms with Gasteiger partial charge in [0.1, 0.15) is 13.2 Å². The Labute approximate surface area is 212 Å². The van der Waals surface area contributed by atoms with Gasteiger partial charge < -0.3 is 24.4 Å². The number of carbonyl (C=O) groups is 2. The summed E-state index contributed by atoms with van der Waals surface area (Å²) in [6.07, 6.45) is -1.27. The highest BCUT2D eigenvalue weighted by atomic mass is 16.6. The maximum Gasteiger partial charge on any atom is 0.410 e. The first-order valence-corrected chi connectivity index (χ1v) is 11.5. The zero-order chi connectivity index (χ0) is 27.1. The average Bonchev–Trinajstić information content (AvgIpc) is 3.25. The van der Waals surface area contributed by atoms with Crippen LogP contribution in [-0.2, 0) is 22.7 Å². The van der Waals surface area contributed by atoms with Gasteiger partial charge in [0.05, 0.1) is 22.5 Å². The van der Waals surface area contributed by atoms with Crippen molar-refractivity contribution in [2.24, 2.45) is 0 Å². The summed E-state index contributed by atoms with van der Waals surface area (Å²) in [5, 5.41) is 31.7. The van der Waals surface area contributed by atoms with Gasteiger partial charge in [-0.15, -0.1) is 0 Å². The Bertz CT molecular complexity index is 1120. The number of nitrogens with zero attached hydrogens (tertiary/aromatic N) is 4. The molecule has 37 heavy (non-hydrogen) atoms. The number of nitro groups is 2. The summed E-state index contributed by atoms with van der Waals surface area (Å²) in [7, 11) is 1.56. The third-order valence-electron chi connectivity index (χ3n) is 6.21. The number of hydrogen-bond donors (Lipinski definition) is 1. The molecule has 0 saturated carbocycles. The number of ether oxygens (including phenoxy) is 2. The molecule has 13 heteroatoms. The number of non-ortho nitro benzene ring substituents is 2. The predicted molar refractivity (Wildman–Crippen MR) is 130 cm³/mol. The molecule has 2 amide bonds. The van der Waals surface area contributed by atoms with Crippen molar-refractivity contribution >= 4 is 23.6 Å². The summed E-state index contributed by atoms with van der Waals surface area (Å²) < 4.78 is 10.7. The third-order valence-corrected chi connectivity index (χ3v) is 6.21. The molecule has 1 heterocycles. The monoisotopic (exact) mass is 516 g/mol. The normalized spacial score (nSPS) is 17.6. The maximum atomic E-state index is 12.7. The van der Waals surface area contributed by atoms with Crippen LogP contribution < -0.4 is 0 Å². The lowest BCUT2D eigenvalue weighted by Crippen LogP contribution is -2.42. The van der Waals surface area contributed by atoms with Crippen LogP contribution in [0.2, 0.25) is 0 Å². The molecule has 1 fully saturated rings. The standard InChI is InChI=1S/C24H28N4O9/c1-16(25(2)23(30)36-14-17-3-7-19(8-4-17)27(32)33)11-21-12-22(29)13-26(21)24(31)37-15-18-5-9-20(10-6-18)28(34)35/h3-10,16,21-22,29H,11-15H2,1-2H3/t16?,21-,22-/m1/s1. The number of carbonyl (C=O) groups excluding carboxylic acids is 2. The van der Waals surface area contributed by atoms with Gasteiger partial charge in [0, 0.05) is 43.4 Å². The van der Waals surface area contributed by atoms with Gasteiger partial charge in [0.15, 0.2) is 0 Å². The molecule has 13 nitrogen and oxygen atoms in total. The van der Waals surface area contributed by atoms with Crippen LogP contribution in [0.4, 0.5) is 21.0 Å². The Morgan fingerprint density at radius 3 is 1.97 bits per heavy atom. The first-order valence-electron chi connectivity index (χ1n) is 11.5. The Morgan fingerprint density at radius 2 is 1.49 bits per heavy atom. The SMILES string of the molecule is CC(C[C@@H]1C[C@@H](O)CN1C(=O)OCc1ccc([N+](=O)[O-])cc1)N(C)C(=O)OCc1ccc([N+](=O)[O-])cc1. The number of aliphatic hydroxyl groups excluding tert-OH is 1. The largest absolute Gasteiger partial charge is 0.445 e. The second-order valence-corrected chi connectivity index (χ2v) is 8.85. The van der Waals surface area contributed by atoms with Gasteiger partial charge >= 0.3 is 12.2 Å². The fraction of sp³-hybridized carbons (Fsp3) is 0.417. The highest BCUT2D eigenvalue weighted by Crippen LogP contribution is 2.25. The molecule has 0 aromatic heterocycles. The van der Waals surface area contributed by atoms with Crippen LogP contribution in [0.25, 0.3) is 0 Å². The van der Waals surface area contributed by atoms with Crippen molar-refractivity contribution in [3.8, 4) is 0 Å². The summed E-state index contributed by atoms with van der Waals surface area (Å²) in [4.78, 5) is 48.5. The van der Waals surface area contributed by atoms with E-state index in [0.717, 1.165) is 0 Å². The second kappa shape index (κ2) is 12.1. The highest BCUT2D eigenvalue weighted by Gasteiger charge is 2.37. The summed E-state index contributed by atoms with van der Waals surface area (Å²) in [5.41, 5.74) is 1.05. The number of rotatable bonds is 9. The molecule has 1 aliphatic heterocycles. The molecular formula is C24H28N4O9. The number of β-amino-alcohol motifs (C(OH)–C–C–N with tert-alkyl or cyclic N) is 1. The molecule has 3 atom stereocenters.